The fourth-order valence-electron chi connectivity index (χ4n) is 1.43. The lowest BCUT2D eigenvalue weighted by atomic mass is 10.1. The first-order valence-corrected chi connectivity index (χ1v) is 6.48. The number of halogens is 1. The van der Waals surface area contributed by atoms with E-state index in [4.69, 9.17) is 9.84 Å². The normalized spacial score (nSPS) is 11.9. The minimum absolute atomic E-state index is 0.182. The molecule has 0 spiro atoms. The molecule has 104 valence electrons. The average Bonchev–Trinajstić information content (AvgIpc) is 2.38. The van der Waals surface area contributed by atoms with Gasteiger partial charge in [-0.2, -0.15) is 0 Å². The highest BCUT2D eigenvalue weighted by molar-refractivity contribution is 9.10. The van der Waals surface area contributed by atoms with Crippen LogP contribution >= 0.6 is 15.9 Å². The summed E-state index contributed by atoms with van der Waals surface area (Å²) in [5, 5.41) is 11.5. The van der Waals surface area contributed by atoms with Crippen molar-refractivity contribution in [1.29, 1.82) is 0 Å². The Balaban J connectivity index is 2.60. The van der Waals surface area contributed by atoms with Gasteiger partial charge in [-0.3, -0.25) is 4.79 Å². The summed E-state index contributed by atoms with van der Waals surface area (Å²) in [6.07, 6.45) is 2.35. The maximum Gasteiger partial charge on any atom is 0.326 e. The number of hydrogen-bond donors (Lipinski definition) is 2. The molecule has 0 aliphatic carbocycles. The zero-order valence-corrected chi connectivity index (χ0v) is 12.0. The first-order valence-electron chi connectivity index (χ1n) is 5.68. The predicted octanol–water partition coefficient (Wildman–Crippen LogP) is 1.45. The van der Waals surface area contributed by atoms with E-state index in [9.17, 15) is 9.59 Å². The fourth-order valence-corrected chi connectivity index (χ4v) is 1.67. The van der Waals surface area contributed by atoms with E-state index >= 15 is 0 Å². The van der Waals surface area contributed by atoms with Crippen LogP contribution in [-0.2, 0) is 9.53 Å². The summed E-state index contributed by atoms with van der Waals surface area (Å²) in [5.41, 5.74) is 0.182. The number of carboxylic acids is 1. The monoisotopic (exact) mass is 330 g/mol. The summed E-state index contributed by atoms with van der Waals surface area (Å²) in [4.78, 5) is 26.8. The van der Waals surface area contributed by atoms with Crippen LogP contribution in [-0.4, -0.2) is 41.7 Å². The third kappa shape index (κ3) is 5.35. The number of nitrogens with zero attached hydrogens (tertiary/aromatic N) is 1. The summed E-state index contributed by atoms with van der Waals surface area (Å²) in [6.45, 7) is 0.455. The van der Waals surface area contributed by atoms with Crippen LogP contribution in [0.5, 0.6) is 0 Å². The van der Waals surface area contributed by atoms with Crippen LogP contribution < -0.4 is 5.32 Å². The van der Waals surface area contributed by atoms with E-state index < -0.39 is 17.9 Å². The lowest BCUT2D eigenvalue weighted by Crippen LogP contribution is -2.41. The smallest absolute Gasteiger partial charge is 0.326 e. The summed E-state index contributed by atoms with van der Waals surface area (Å²) in [7, 11) is 1.54. The second-order valence-corrected chi connectivity index (χ2v) is 4.78. The van der Waals surface area contributed by atoms with Gasteiger partial charge in [0, 0.05) is 24.4 Å². The number of amides is 1. The number of hydrogen-bond acceptors (Lipinski definition) is 4. The first-order chi connectivity index (χ1) is 9.04. The summed E-state index contributed by atoms with van der Waals surface area (Å²) in [5.74, 6) is -1.57. The molecule has 7 heteroatoms. The molecule has 0 aliphatic heterocycles. The minimum Gasteiger partial charge on any atom is -0.480 e. The quantitative estimate of drug-likeness (QED) is 0.739. The minimum atomic E-state index is -1.07. The highest BCUT2D eigenvalue weighted by atomic mass is 79.9. The van der Waals surface area contributed by atoms with Gasteiger partial charge in [-0.25, -0.2) is 9.78 Å². The van der Waals surface area contributed by atoms with E-state index in [0.717, 1.165) is 4.47 Å². The molecule has 0 aromatic carbocycles. The summed E-state index contributed by atoms with van der Waals surface area (Å²) < 4.78 is 5.60. The van der Waals surface area contributed by atoms with Crippen LogP contribution in [0.2, 0.25) is 0 Å². The van der Waals surface area contributed by atoms with Gasteiger partial charge in [0.15, 0.2) is 0 Å². The molecule has 1 aromatic heterocycles. The van der Waals surface area contributed by atoms with Gasteiger partial charge in [-0.05, 0) is 40.9 Å². The molecule has 6 nitrogen and oxygen atoms in total. The number of methoxy groups -OCH3 is 1. The van der Waals surface area contributed by atoms with Crippen molar-refractivity contribution in [3.05, 3.63) is 28.5 Å². The molecular weight excluding hydrogens is 316 g/mol. The lowest BCUT2D eigenvalue weighted by Gasteiger charge is -2.13. The number of aromatic nitrogens is 1. The van der Waals surface area contributed by atoms with Gasteiger partial charge in [-0.15, -0.1) is 0 Å². The molecule has 1 rings (SSSR count). The van der Waals surface area contributed by atoms with Gasteiger partial charge in [-0.1, -0.05) is 0 Å². The standard InChI is InChI=1S/C12H15BrN2O4/c1-19-6-2-3-10(12(17)18)15-11(16)9-5-4-8(13)7-14-9/h4-5,7,10H,2-3,6H2,1H3,(H,15,16)(H,17,18). The van der Waals surface area contributed by atoms with E-state index in [2.05, 4.69) is 26.2 Å². The molecule has 1 amide bonds. The van der Waals surface area contributed by atoms with Gasteiger partial charge in [0.25, 0.3) is 5.91 Å². The van der Waals surface area contributed by atoms with Crippen molar-refractivity contribution in [2.45, 2.75) is 18.9 Å². The molecule has 0 saturated carbocycles. The SMILES string of the molecule is COCCCC(NC(=O)c1ccc(Br)cn1)C(=O)O. The van der Waals surface area contributed by atoms with Crippen LogP contribution in [0.3, 0.4) is 0 Å². The maximum absolute atomic E-state index is 11.8. The van der Waals surface area contributed by atoms with E-state index in [0.29, 0.717) is 19.4 Å². The van der Waals surface area contributed by atoms with Crippen LogP contribution in [0, 0.1) is 0 Å². The molecule has 0 saturated heterocycles. The lowest BCUT2D eigenvalue weighted by molar-refractivity contribution is -0.139. The molecule has 1 aromatic rings. The predicted molar refractivity (Wildman–Crippen MR) is 71.9 cm³/mol. The largest absolute Gasteiger partial charge is 0.480 e. The molecule has 19 heavy (non-hydrogen) atoms. The zero-order valence-electron chi connectivity index (χ0n) is 10.4. The molecule has 1 heterocycles. The second kappa shape index (κ2) is 7.85. The van der Waals surface area contributed by atoms with Crippen LogP contribution in [0.15, 0.2) is 22.8 Å². The number of nitrogens with one attached hydrogen (secondary N) is 1. The average molecular weight is 331 g/mol. The number of pyridine rings is 1. The van der Waals surface area contributed by atoms with Crippen LogP contribution in [0.1, 0.15) is 23.3 Å². The van der Waals surface area contributed by atoms with Crippen molar-refractivity contribution < 1.29 is 19.4 Å². The molecular formula is C12H15BrN2O4. The van der Waals surface area contributed by atoms with Crippen molar-refractivity contribution in [1.82, 2.24) is 10.3 Å². The molecule has 0 bridgehead atoms. The highest BCUT2D eigenvalue weighted by Crippen LogP contribution is 2.08. The molecule has 1 atom stereocenters. The van der Waals surface area contributed by atoms with Crippen LogP contribution in [0.25, 0.3) is 0 Å². The Morgan fingerprint density at radius 2 is 2.26 bits per heavy atom. The van der Waals surface area contributed by atoms with E-state index in [-0.39, 0.29) is 5.69 Å². The third-order valence-corrected chi connectivity index (χ3v) is 2.87. The third-order valence-electron chi connectivity index (χ3n) is 2.40. The number of ether oxygens (including phenoxy) is 1. The Hall–Kier alpha value is -1.47. The topological polar surface area (TPSA) is 88.5 Å². The Labute approximate surface area is 119 Å². The number of aliphatic carboxylic acids is 1. The number of carbonyl (C=O) groups excluding carboxylic acids is 1. The van der Waals surface area contributed by atoms with E-state index in [1.54, 1.807) is 13.2 Å². The Morgan fingerprint density at radius 3 is 2.79 bits per heavy atom. The van der Waals surface area contributed by atoms with Crippen molar-refractivity contribution >= 4 is 27.8 Å². The van der Waals surface area contributed by atoms with Crippen molar-refractivity contribution in [2.75, 3.05) is 13.7 Å². The Bertz CT molecular complexity index is 436. The number of rotatable bonds is 7. The Morgan fingerprint density at radius 1 is 1.53 bits per heavy atom. The maximum atomic E-state index is 11.8. The molecule has 1 unspecified atom stereocenters. The van der Waals surface area contributed by atoms with Crippen molar-refractivity contribution in [3.63, 3.8) is 0 Å². The van der Waals surface area contributed by atoms with Gasteiger partial charge >= 0.3 is 5.97 Å². The molecule has 2 N–H and O–H groups in total. The van der Waals surface area contributed by atoms with Gasteiger partial charge in [0.2, 0.25) is 0 Å². The fraction of sp³-hybridized carbons (Fsp3) is 0.417. The number of carboxylic acid groups (broad SMARTS) is 1. The first kappa shape index (κ1) is 15.6. The van der Waals surface area contributed by atoms with Gasteiger partial charge in [0.05, 0.1) is 0 Å². The molecule has 0 fully saturated rings. The second-order valence-electron chi connectivity index (χ2n) is 3.86. The van der Waals surface area contributed by atoms with Gasteiger partial charge in [0.1, 0.15) is 11.7 Å². The van der Waals surface area contributed by atoms with E-state index in [1.165, 1.54) is 12.3 Å². The molecule has 0 aliphatic rings. The molecule has 0 radical (unpaired) electrons. The van der Waals surface area contributed by atoms with Crippen LogP contribution in [0.4, 0.5) is 0 Å². The van der Waals surface area contributed by atoms with Crippen molar-refractivity contribution in [2.24, 2.45) is 0 Å². The summed E-state index contributed by atoms with van der Waals surface area (Å²) >= 11 is 3.21. The van der Waals surface area contributed by atoms with Crippen molar-refractivity contribution in [3.8, 4) is 0 Å². The Kier molecular flexibility index (Phi) is 6.44. The van der Waals surface area contributed by atoms with Gasteiger partial charge < -0.3 is 15.2 Å². The highest BCUT2D eigenvalue weighted by Gasteiger charge is 2.20. The number of carbonyl (C=O) groups is 2. The summed E-state index contributed by atoms with van der Waals surface area (Å²) in [6, 6.07) is 2.25. The van der Waals surface area contributed by atoms with E-state index in [1.807, 2.05) is 0 Å². The zero-order chi connectivity index (χ0) is 14.3.